The molecule has 0 bridgehead atoms. The predicted molar refractivity (Wildman–Crippen MR) is 112 cm³/mol. The number of benzene rings is 2. The summed E-state index contributed by atoms with van der Waals surface area (Å²) >= 11 is 0. The number of piperidine rings is 1. The Morgan fingerprint density at radius 3 is 2.21 bits per heavy atom. The molecule has 2 aromatic rings. The van der Waals surface area contributed by atoms with Crippen LogP contribution in [0.5, 0.6) is 0 Å². The first-order valence-electron chi connectivity index (χ1n) is 9.70. The second-order valence-electron chi connectivity index (χ2n) is 7.67. The van der Waals surface area contributed by atoms with E-state index in [4.69, 9.17) is 0 Å². The van der Waals surface area contributed by atoms with Crippen molar-refractivity contribution < 1.29 is 13.2 Å². The Kier molecular flexibility index (Phi) is 6.20. The highest BCUT2D eigenvalue weighted by molar-refractivity contribution is 7.90. The summed E-state index contributed by atoms with van der Waals surface area (Å²) in [7, 11) is -3.43. The van der Waals surface area contributed by atoms with Crippen LogP contribution >= 0.6 is 0 Å². The van der Waals surface area contributed by atoms with Crippen LogP contribution in [0, 0.1) is 0 Å². The van der Waals surface area contributed by atoms with E-state index < -0.39 is 15.3 Å². The van der Waals surface area contributed by atoms with E-state index in [1.165, 1.54) is 6.92 Å². The number of hydrogen-bond donors (Lipinski definition) is 1. The molecule has 0 unspecified atom stereocenters. The van der Waals surface area contributed by atoms with Crippen molar-refractivity contribution >= 4 is 15.9 Å². The molecule has 5 nitrogen and oxygen atoms in total. The van der Waals surface area contributed by atoms with Crippen LogP contribution in [0.15, 0.2) is 54.6 Å². The molecule has 6 heteroatoms. The van der Waals surface area contributed by atoms with Crippen LogP contribution in [0.4, 0.5) is 0 Å². The van der Waals surface area contributed by atoms with Crippen molar-refractivity contribution in [2.45, 2.75) is 44.4 Å². The zero-order chi connectivity index (χ0) is 20.3. The molecular formula is C22H28N2O3S. The SMILES string of the molecule is CC(=O)N1CC[C@@H](c2ccc(-c3ccccc3)cc2)[C@H](NS(=O)(=O)C(C)C)C1. The van der Waals surface area contributed by atoms with Gasteiger partial charge in [0.25, 0.3) is 0 Å². The van der Waals surface area contributed by atoms with Gasteiger partial charge in [-0.3, -0.25) is 4.79 Å². The van der Waals surface area contributed by atoms with E-state index in [-0.39, 0.29) is 17.9 Å². The lowest BCUT2D eigenvalue weighted by atomic mass is 9.85. The molecule has 1 fully saturated rings. The van der Waals surface area contributed by atoms with Crippen molar-refractivity contribution in [3.63, 3.8) is 0 Å². The maximum Gasteiger partial charge on any atom is 0.219 e. The van der Waals surface area contributed by atoms with Crippen LogP contribution in [0.2, 0.25) is 0 Å². The van der Waals surface area contributed by atoms with Gasteiger partial charge in [0.2, 0.25) is 15.9 Å². The smallest absolute Gasteiger partial charge is 0.219 e. The molecular weight excluding hydrogens is 372 g/mol. The number of hydrogen-bond acceptors (Lipinski definition) is 3. The number of rotatable bonds is 5. The van der Waals surface area contributed by atoms with E-state index in [2.05, 4.69) is 41.1 Å². The van der Waals surface area contributed by atoms with Gasteiger partial charge in [0.15, 0.2) is 0 Å². The fourth-order valence-electron chi connectivity index (χ4n) is 3.66. The number of nitrogens with one attached hydrogen (secondary N) is 1. The van der Waals surface area contributed by atoms with Crippen LogP contribution in [0.1, 0.15) is 38.7 Å². The van der Waals surface area contributed by atoms with Gasteiger partial charge in [0.1, 0.15) is 0 Å². The zero-order valence-electron chi connectivity index (χ0n) is 16.6. The molecule has 150 valence electrons. The van der Waals surface area contributed by atoms with Crippen LogP contribution < -0.4 is 4.72 Å². The monoisotopic (exact) mass is 400 g/mol. The summed E-state index contributed by atoms with van der Waals surface area (Å²) in [6, 6.07) is 18.1. The molecule has 1 saturated heterocycles. The molecule has 2 aromatic carbocycles. The molecule has 0 saturated carbocycles. The van der Waals surface area contributed by atoms with Crippen molar-refractivity contribution in [3.8, 4) is 11.1 Å². The van der Waals surface area contributed by atoms with Crippen molar-refractivity contribution in [2.24, 2.45) is 0 Å². The summed E-state index contributed by atoms with van der Waals surface area (Å²) in [4.78, 5) is 13.6. The van der Waals surface area contributed by atoms with Gasteiger partial charge in [-0.1, -0.05) is 54.6 Å². The zero-order valence-corrected chi connectivity index (χ0v) is 17.4. The average molecular weight is 401 g/mol. The molecule has 1 N–H and O–H groups in total. The second kappa shape index (κ2) is 8.45. The molecule has 28 heavy (non-hydrogen) atoms. The van der Waals surface area contributed by atoms with E-state index in [0.29, 0.717) is 13.1 Å². The first kappa shape index (κ1) is 20.6. The van der Waals surface area contributed by atoms with Gasteiger partial charge in [-0.05, 0) is 37.0 Å². The number of carbonyl (C=O) groups is 1. The summed E-state index contributed by atoms with van der Waals surface area (Å²) < 4.78 is 27.8. The van der Waals surface area contributed by atoms with E-state index in [9.17, 15) is 13.2 Å². The highest BCUT2D eigenvalue weighted by atomic mass is 32.2. The van der Waals surface area contributed by atoms with Crippen molar-refractivity contribution in [1.29, 1.82) is 0 Å². The molecule has 1 heterocycles. The summed E-state index contributed by atoms with van der Waals surface area (Å²) in [5.74, 6) is 0.0144. The number of likely N-dealkylation sites (tertiary alicyclic amines) is 1. The highest BCUT2D eigenvalue weighted by Gasteiger charge is 2.34. The third kappa shape index (κ3) is 4.62. The average Bonchev–Trinajstić information content (AvgIpc) is 2.68. The van der Waals surface area contributed by atoms with Crippen LogP contribution in [0.25, 0.3) is 11.1 Å². The van der Waals surface area contributed by atoms with Gasteiger partial charge in [-0.15, -0.1) is 0 Å². The van der Waals surface area contributed by atoms with Gasteiger partial charge in [0.05, 0.1) is 5.25 Å². The molecule has 1 amide bonds. The molecule has 1 aliphatic rings. The Hall–Kier alpha value is -2.18. The first-order valence-corrected chi connectivity index (χ1v) is 11.2. The lowest BCUT2D eigenvalue weighted by molar-refractivity contribution is -0.130. The Balaban J connectivity index is 1.86. The number of amides is 1. The van der Waals surface area contributed by atoms with Crippen molar-refractivity contribution in [3.05, 3.63) is 60.2 Å². The van der Waals surface area contributed by atoms with E-state index >= 15 is 0 Å². The number of carbonyl (C=O) groups excluding carboxylic acids is 1. The molecule has 0 aliphatic carbocycles. The molecule has 0 spiro atoms. The topological polar surface area (TPSA) is 66.5 Å². The fraction of sp³-hybridized carbons (Fsp3) is 0.409. The lowest BCUT2D eigenvalue weighted by Crippen LogP contribution is -2.53. The van der Waals surface area contributed by atoms with Gasteiger partial charge in [-0.25, -0.2) is 13.1 Å². The molecule has 3 rings (SSSR count). The van der Waals surface area contributed by atoms with Gasteiger partial charge >= 0.3 is 0 Å². The Morgan fingerprint density at radius 2 is 1.64 bits per heavy atom. The standard InChI is InChI=1S/C22H28N2O3S/c1-16(2)28(26,27)23-22-15-24(17(3)25)14-13-21(22)20-11-9-19(10-12-20)18-7-5-4-6-8-18/h4-12,16,21-23H,13-15H2,1-3H3/t21-,22+/m0/s1. The lowest BCUT2D eigenvalue weighted by Gasteiger charge is -2.39. The normalized spacial score (nSPS) is 20.4. The third-order valence-corrected chi connectivity index (χ3v) is 7.31. The minimum Gasteiger partial charge on any atom is -0.341 e. The molecule has 2 atom stereocenters. The van der Waals surface area contributed by atoms with E-state index in [1.807, 2.05) is 18.2 Å². The quantitative estimate of drug-likeness (QED) is 0.837. The van der Waals surface area contributed by atoms with Crippen LogP contribution in [-0.2, 0) is 14.8 Å². The Labute approximate surface area is 167 Å². The molecule has 0 aromatic heterocycles. The fourth-order valence-corrected chi connectivity index (χ4v) is 4.59. The Bertz CT molecular complexity index is 909. The van der Waals surface area contributed by atoms with Crippen molar-refractivity contribution in [1.82, 2.24) is 9.62 Å². The predicted octanol–water partition coefficient (Wildman–Crippen LogP) is 3.39. The van der Waals surface area contributed by atoms with Gasteiger partial charge in [0, 0.05) is 32.0 Å². The third-order valence-electron chi connectivity index (χ3n) is 5.44. The van der Waals surface area contributed by atoms with Crippen molar-refractivity contribution in [2.75, 3.05) is 13.1 Å². The summed E-state index contributed by atoms with van der Waals surface area (Å²) in [5.41, 5.74) is 3.38. The summed E-state index contributed by atoms with van der Waals surface area (Å²) in [6.07, 6.45) is 0.732. The second-order valence-corrected chi connectivity index (χ2v) is 9.93. The van der Waals surface area contributed by atoms with Crippen LogP contribution in [0.3, 0.4) is 0 Å². The van der Waals surface area contributed by atoms with E-state index in [0.717, 1.165) is 23.1 Å². The first-order chi connectivity index (χ1) is 13.3. The van der Waals surface area contributed by atoms with Crippen LogP contribution in [-0.4, -0.2) is 43.6 Å². The summed E-state index contributed by atoms with van der Waals surface area (Å²) in [5, 5.41) is -0.513. The summed E-state index contributed by atoms with van der Waals surface area (Å²) in [6.45, 7) is 5.89. The highest BCUT2D eigenvalue weighted by Crippen LogP contribution is 2.31. The molecule has 1 aliphatic heterocycles. The largest absolute Gasteiger partial charge is 0.341 e. The molecule has 0 radical (unpaired) electrons. The maximum atomic E-state index is 12.5. The van der Waals surface area contributed by atoms with E-state index in [1.54, 1.807) is 18.7 Å². The number of sulfonamides is 1. The minimum atomic E-state index is -3.43. The van der Waals surface area contributed by atoms with Gasteiger partial charge < -0.3 is 4.90 Å². The maximum absolute atomic E-state index is 12.5. The number of nitrogens with zero attached hydrogens (tertiary/aromatic N) is 1. The van der Waals surface area contributed by atoms with Gasteiger partial charge in [-0.2, -0.15) is 0 Å². The Morgan fingerprint density at radius 1 is 1.04 bits per heavy atom. The minimum absolute atomic E-state index is 0.0216.